The van der Waals surface area contributed by atoms with Crippen LogP contribution in [0.3, 0.4) is 0 Å². The normalized spacial score (nSPS) is 22.1. The molecule has 0 atom stereocenters. The van der Waals surface area contributed by atoms with Crippen molar-refractivity contribution in [2.75, 3.05) is 18.0 Å². The van der Waals surface area contributed by atoms with E-state index in [1.165, 1.54) is 43.4 Å². The van der Waals surface area contributed by atoms with Crippen LogP contribution in [-0.4, -0.2) is 19.1 Å². The smallest absolute Gasteiger partial charge is 0.0642 e. The first-order valence-corrected chi connectivity index (χ1v) is 8.69. The minimum Gasteiger partial charge on any atom is -0.370 e. The lowest BCUT2D eigenvalue weighted by atomic mass is 9.85. The molecule has 1 saturated heterocycles. The molecule has 1 aliphatic carbocycles. The fraction of sp³-hybridized carbons (Fsp3) is 0.667. The second-order valence-electron chi connectivity index (χ2n) is 7.41. The van der Waals surface area contributed by atoms with Gasteiger partial charge in [-0.15, -0.1) is 0 Å². The van der Waals surface area contributed by atoms with Crippen LogP contribution in [0, 0.1) is 5.41 Å². The van der Waals surface area contributed by atoms with Gasteiger partial charge in [0.05, 0.1) is 10.7 Å². The van der Waals surface area contributed by atoms with E-state index in [0.29, 0.717) is 5.41 Å². The predicted octanol–water partition coefficient (Wildman–Crippen LogP) is 4.61. The number of halogens is 1. The lowest BCUT2D eigenvalue weighted by Gasteiger charge is -2.28. The van der Waals surface area contributed by atoms with E-state index in [9.17, 15) is 0 Å². The Morgan fingerprint density at radius 1 is 1.24 bits per heavy atom. The summed E-state index contributed by atoms with van der Waals surface area (Å²) in [4.78, 5) is 2.51. The van der Waals surface area contributed by atoms with Crippen molar-refractivity contribution in [3.8, 4) is 0 Å². The van der Waals surface area contributed by atoms with Crippen molar-refractivity contribution in [3.63, 3.8) is 0 Å². The Morgan fingerprint density at radius 3 is 2.81 bits per heavy atom. The third-order valence-electron chi connectivity index (χ3n) is 4.89. The lowest BCUT2D eigenvalue weighted by molar-refractivity contribution is 0.325. The highest BCUT2D eigenvalue weighted by Gasteiger charge is 2.26. The molecule has 2 fully saturated rings. The van der Waals surface area contributed by atoms with E-state index >= 15 is 0 Å². The van der Waals surface area contributed by atoms with E-state index in [1.807, 2.05) is 6.07 Å². The van der Waals surface area contributed by atoms with Crippen molar-refractivity contribution in [2.45, 2.75) is 58.5 Å². The first-order chi connectivity index (χ1) is 10.1. The fourth-order valence-electron chi connectivity index (χ4n) is 3.25. The maximum Gasteiger partial charge on any atom is 0.0642 e. The molecule has 1 saturated carbocycles. The highest BCUT2D eigenvalue weighted by atomic mass is 35.5. The Labute approximate surface area is 133 Å². The molecule has 0 radical (unpaired) electrons. The Morgan fingerprint density at radius 2 is 2.05 bits per heavy atom. The van der Waals surface area contributed by atoms with Gasteiger partial charge in [0, 0.05) is 25.7 Å². The number of nitrogens with one attached hydrogen (secondary N) is 1. The summed E-state index contributed by atoms with van der Waals surface area (Å²) in [6.45, 7) is 7.97. The van der Waals surface area contributed by atoms with E-state index in [2.05, 4.69) is 36.2 Å². The standard InChI is InChI=1S/C18H27ClN2/c1-18(2)9-4-11-21(12-10-18)17-14(5-3-6-16(17)19)13-20-15-7-8-15/h3,5-6,15,20H,4,7-13H2,1-2H3. The van der Waals surface area contributed by atoms with E-state index < -0.39 is 0 Å². The lowest BCUT2D eigenvalue weighted by Crippen LogP contribution is -2.27. The molecule has 2 nitrogen and oxygen atoms in total. The van der Waals surface area contributed by atoms with Gasteiger partial charge in [0.25, 0.3) is 0 Å². The molecule has 116 valence electrons. The summed E-state index contributed by atoms with van der Waals surface area (Å²) in [7, 11) is 0. The summed E-state index contributed by atoms with van der Waals surface area (Å²) in [6.07, 6.45) is 6.46. The van der Waals surface area contributed by atoms with Crippen molar-refractivity contribution >= 4 is 17.3 Å². The van der Waals surface area contributed by atoms with E-state index in [-0.39, 0.29) is 0 Å². The van der Waals surface area contributed by atoms with Gasteiger partial charge >= 0.3 is 0 Å². The van der Waals surface area contributed by atoms with Crippen LogP contribution >= 0.6 is 11.6 Å². The fourth-order valence-corrected chi connectivity index (χ4v) is 3.56. The number of benzene rings is 1. The van der Waals surface area contributed by atoms with Crippen LogP contribution in [0.15, 0.2) is 18.2 Å². The van der Waals surface area contributed by atoms with Gasteiger partial charge in [0.2, 0.25) is 0 Å². The summed E-state index contributed by atoms with van der Waals surface area (Å²) in [5, 5.41) is 4.53. The molecule has 1 N–H and O–H groups in total. The van der Waals surface area contributed by atoms with E-state index in [0.717, 1.165) is 30.7 Å². The third kappa shape index (κ3) is 3.92. The molecule has 21 heavy (non-hydrogen) atoms. The van der Waals surface area contributed by atoms with Gasteiger partial charge in [-0.25, -0.2) is 0 Å². The number of anilines is 1. The molecule has 0 amide bonds. The zero-order chi connectivity index (χ0) is 14.9. The van der Waals surface area contributed by atoms with Crippen LogP contribution in [-0.2, 0) is 6.54 Å². The van der Waals surface area contributed by atoms with Gasteiger partial charge in [-0.3, -0.25) is 0 Å². The molecule has 1 aromatic carbocycles. The number of nitrogens with zero attached hydrogens (tertiary/aromatic N) is 1. The van der Waals surface area contributed by atoms with Crippen LogP contribution in [0.4, 0.5) is 5.69 Å². The van der Waals surface area contributed by atoms with Crippen molar-refractivity contribution in [2.24, 2.45) is 5.41 Å². The van der Waals surface area contributed by atoms with Crippen LogP contribution in [0.25, 0.3) is 0 Å². The molecule has 0 unspecified atom stereocenters. The van der Waals surface area contributed by atoms with E-state index in [4.69, 9.17) is 11.6 Å². The van der Waals surface area contributed by atoms with Crippen molar-refractivity contribution in [1.29, 1.82) is 0 Å². The molecule has 1 heterocycles. The van der Waals surface area contributed by atoms with Gasteiger partial charge in [-0.2, -0.15) is 0 Å². The molecule has 2 aliphatic rings. The number of hydrogen-bond donors (Lipinski definition) is 1. The summed E-state index contributed by atoms with van der Waals surface area (Å²) in [5.74, 6) is 0. The number of para-hydroxylation sites is 1. The molecule has 3 heteroatoms. The van der Waals surface area contributed by atoms with Crippen LogP contribution in [0.5, 0.6) is 0 Å². The first kappa shape index (κ1) is 15.2. The highest BCUT2D eigenvalue weighted by Crippen LogP contribution is 2.36. The Kier molecular flexibility index (Phi) is 4.46. The summed E-state index contributed by atoms with van der Waals surface area (Å²) in [6, 6.07) is 7.08. The van der Waals surface area contributed by atoms with Crippen molar-refractivity contribution in [3.05, 3.63) is 28.8 Å². The van der Waals surface area contributed by atoms with Crippen molar-refractivity contribution < 1.29 is 0 Å². The van der Waals surface area contributed by atoms with Gasteiger partial charge in [-0.05, 0) is 49.1 Å². The summed E-state index contributed by atoms with van der Waals surface area (Å²) >= 11 is 6.55. The van der Waals surface area contributed by atoms with Gasteiger partial charge in [0.1, 0.15) is 0 Å². The zero-order valence-corrected chi connectivity index (χ0v) is 14.0. The van der Waals surface area contributed by atoms with Gasteiger partial charge in [-0.1, -0.05) is 37.6 Å². The minimum absolute atomic E-state index is 0.461. The van der Waals surface area contributed by atoms with Crippen LogP contribution < -0.4 is 10.2 Å². The topological polar surface area (TPSA) is 15.3 Å². The maximum absolute atomic E-state index is 6.55. The molecule has 0 bridgehead atoms. The molecule has 0 spiro atoms. The van der Waals surface area contributed by atoms with Crippen molar-refractivity contribution in [1.82, 2.24) is 5.32 Å². The third-order valence-corrected chi connectivity index (χ3v) is 5.19. The SMILES string of the molecule is CC1(C)CCCN(c2c(Cl)cccc2CNC2CC2)CC1. The average molecular weight is 307 g/mol. The molecule has 0 aromatic heterocycles. The maximum atomic E-state index is 6.55. The molecular weight excluding hydrogens is 280 g/mol. The summed E-state index contributed by atoms with van der Waals surface area (Å²) < 4.78 is 0. The molecular formula is C18H27ClN2. The number of rotatable bonds is 4. The quantitative estimate of drug-likeness (QED) is 0.874. The molecule has 3 rings (SSSR count). The average Bonchev–Trinajstić information content (AvgIpc) is 3.25. The number of hydrogen-bond acceptors (Lipinski definition) is 2. The van der Waals surface area contributed by atoms with Gasteiger partial charge < -0.3 is 10.2 Å². The summed E-state index contributed by atoms with van der Waals surface area (Å²) in [5.41, 5.74) is 3.08. The highest BCUT2D eigenvalue weighted by molar-refractivity contribution is 6.33. The Hall–Kier alpha value is -0.730. The second kappa shape index (κ2) is 6.18. The largest absolute Gasteiger partial charge is 0.370 e. The second-order valence-corrected chi connectivity index (χ2v) is 7.81. The molecule has 1 aliphatic heterocycles. The Balaban J connectivity index is 1.78. The monoisotopic (exact) mass is 306 g/mol. The van der Waals surface area contributed by atoms with Crippen LogP contribution in [0.2, 0.25) is 5.02 Å². The van der Waals surface area contributed by atoms with Gasteiger partial charge in [0.15, 0.2) is 0 Å². The van der Waals surface area contributed by atoms with E-state index in [1.54, 1.807) is 0 Å². The first-order valence-electron chi connectivity index (χ1n) is 8.31. The van der Waals surface area contributed by atoms with Crippen LogP contribution in [0.1, 0.15) is 51.5 Å². The minimum atomic E-state index is 0.461. The zero-order valence-electron chi connectivity index (χ0n) is 13.3. The predicted molar refractivity (Wildman–Crippen MR) is 91.2 cm³/mol. The Bertz CT molecular complexity index is 494. The molecule has 1 aromatic rings.